The minimum absolute atomic E-state index is 0.636. The van der Waals surface area contributed by atoms with E-state index in [0.29, 0.717) is 5.88 Å². The van der Waals surface area contributed by atoms with E-state index in [1.165, 1.54) is 32.4 Å². The summed E-state index contributed by atoms with van der Waals surface area (Å²) in [6.45, 7) is 5.03. The van der Waals surface area contributed by atoms with E-state index in [2.05, 4.69) is 15.5 Å². The standard InChI is InChI=1S/C13H21N3O/c1-11-6-7-13(16-15-11)17-9-3-5-12-4-2-8-14-10-12/h6-7,12,14H,2-5,8-10H2,1H3/t12-/m0/s1. The van der Waals surface area contributed by atoms with Gasteiger partial charge in [0.1, 0.15) is 0 Å². The zero-order valence-electron chi connectivity index (χ0n) is 10.5. The molecule has 17 heavy (non-hydrogen) atoms. The number of nitrogens with zero attached hydrogens (tertiary/aromatic N) is 2. The minimum atomic E-state index is 0.636. The third-order valence-corrected chi connectivity index (χ3v) is 3.18. The maximum atomic E-state index is 5.56. The Labute approximate surface area is 103 Å². The van der Waals surface area contributed by atoms with Crippen LogP contribution in [-0.2, 0) is 0 Å². The van der Waals surface area contributed by atoms with Crippen LogP contribution in [0.5, 0.6) is 5.88 Å². The van der Waals surface area contributed by atoms with Crippen molar-refractivity contribution in [3.8, 4) is 5.88 Å². The summed E-state index contributed by atoms with van der Waals surface area (Å²) >= 11 is 0. The first-order valence-electron chi connectivity index (χ1n) is 6.48. The van der Waals surface area contributed by atoms with Crippen molar-refractivity contribution in [3.63, 3.8) is 0 Å². The largest absolute Gasteiger partial charge is 0.477 e. The predicted octanol–water partition coefficient (Wildman–Crippen LogP) is 1.94. The van der Waals surface area contributed by atoms with Crippen molar-refractivity contribution in [1.82, 2.24) is 15.5 Å². The fraction of sp³-hybridized carbons (Fsp3) is 0.692. The van der Waals surface area contributed by atoms with E-state index in [-0.39, 0.29) is 0 Å². The van der Waals surface area contributed by atoms with E-state index in [4.69, 9.17) is 4.74 Å². The van der Waals surface area contributed by atoms with E-state index >= 15 is 0 Å². The molecule has 94 valence electrons. The van der Waals surface area contributed by atoms with E-state index < -0.39 is 0 Å². The number of rotatable bonds is 5. The van der Waals surface area contributed by atoms with Gasteiger partial charge in [-0.2, -0.15) is 5.10 Å². The third kappa shape index (κ3) is 4.30. The summed E-state index contributed by atoms with van der Waals surface area (Å²) in [6.07, 6.45) is 5.01. The zero-order valence-corrected chi connectivity index (χ0v) is 10.5. The van der Waals surface area contributed by atoms with Gasteiger partial charge in [0.15, 0.2) is 0 Å². The Morgan fingerprint density at radius 2 is 2.35 bits per heavy atom. The summed E-state index contributed by atoms with van der Waals surface area (Å²) in [5, 5.41) is 11.4. The molecule has 0 aromatic carbocycles. The predicted molar refractivity (Wildman–Crippen MR) is 67.1 cm³/mol. The van der Waals surface area contributed by atoms with Crippen molar-refractivity contribution >= 4 is 0 Å². The number of nitrogens with one attached hydrogen (secondary N) is 1. The van der Waals surface area contributed by atoms with Crippen molar-refractivity contribution in [2.24, 2.45) is 5.92 Å². The van der Waals surface area contributed by atoms with Gasteiger partial charge in [0.05, 0.1) is 12.3 Å². The van der Waals surface area contributed by atoms with Crippen molar-refractivity contribution in [2.75, 3.05) is 19.7 Å². The number of piperidine rings is 1. The molecule has 0 spiro atoms. The van der Waals surface area contributed by atoms with E-state index in [1.54, 1.807) is 0 Å². The molecule has 1 atom stereocenters. The second kappa shape index (κ2) is 6.55. The zero-order chi connectivity index (χ0) is 11.9. The quantitative estimate of drug-likeness (QED) is 0.792. The Kier molecular flexibility index (Phi) is 4.74. The first-order valence-corrected chi connectivity index (χ1v) is 6.48. The third-order valence-electron chi connectivity index (χ3n) is 3.18. The number of aryl methyl sites for hydroxylation is 1. The molecule has 1 aliphatic rings. The second-order valence-electron chi connectivity index (χ2n) is 4.72. The van der Waals surface area contributed by atoms with Gasteiger partial charge >= 0.3 is 0 Å². The molecule has 2 heterocycles. The molecule has 0 aliphatic carbocycles. The second-order valence-corrected chi connectivity index (χ2v) is 4.72. The van der Waals surface area contributed by atoms with E-state index in [1.807, 2.05) is 19.1 Å². The number of ether oxygens (including phenoxy) is 1. The lowest BCUT2D eigenvalue weighted by atomic mass is 9.95. The SMILES string of the molecule is Cc1ccc(OCCC[C@@H]2CCCNC2)nn1. The van der Waals surface area contributed by atoms with Crippen LogP contribution in [0.4, 0.5) is 0 Å². The highest BCUT2D eigenvalue weighted by molar-refractivity contribution is 5.09. The first-order chi connectivity index (χ1) is 8.34. The summed E-state index contributed by atoms with van der Waals surface area (Å²) in [7, 11) is 0. The molecule has 4 heteroatoms. The Balaban J connectivity index is 1.60. The van der Waals surface area contributed by atoms with Crippen LogP contribution >= 0.6 is 0 Å². The maximum Gasteiger partial charge on any atom is 0.233 e. The molecule has 4 nitrogen and oxygen atoms in total. The van der Waals surface area contributed by atoms with Crippen LogP contribution in [0.2, 0.25) is 0 Å². The molecular formula is C13H21N3O. The molecule has 0 unspecified atom stereocenters. The minimum Gasteiger partial charge on any atom is -0.477 e. The lowest BCUT2D eigenvalue weighted by Crippen LogP contribution is -2.29. The number of hydrogen-bond donors (Lipinski definition) is 1. The van der Waals surface area contributed by atoms with E-state index in [9.17, 15) is 0 Å². The van der Waals surface area contributed by atoms with Crippen molar-refractivity contribution in [2.45, 2.75) is 32.6 Å². The highest BCUT2D eigenvalue weighted by atomic mass is 16.5. The Morgan fingerprint density at radius 1 is 1.41 bits per heavy atom. The molecule has 0 saturated carbocycles. The van der Waals surface area contributed by atoms with Crippen LogP contribution in [0, 0.1) is 12.8 Å². The average molecular weight is 235 g/mol. The fourth-order valence-corrected chi connectivity index (χ4v) is 2.18. The van der Waals surface area contributed by atoms with E-state index in [0.717, 1.165) is 24.6 Å². The summed E-state index contributed by atoms with van der Waals surface area (Å²) in [5.41, 5.74) is 0.922. The summed E-state index contributed by atoms with van der Waals surface area (Å²) < 4.78 is 5.56. The van der Waals surface area contributed by atoms with Crippen molar-refractivity contribution < 1.29 is 4.74 Å². The van der Waals surface area contributed by atoms with Crippen molar-refractivity contribution in [1.29, 1.82) is 0 Å². The Hall–Kier alpha value is -1.16. The van der Waals surface area contributed by atoms with Gasteiger partial charge in [-0.15, -0.1) is 5.10 Å². The van der Waals surface area contributed by atoms with Crippen LogP contribution in [0.15, 0.2) is 12.1 Å². The van der Waals surface area contributed by atoms with Gasteiger partial charge in [-0.25, -0.2) is 0 Å². The summed E-state index contributed by atoms with van der Waals surface area (Å²) in [4.78, 5) is 0. The van der Waals surface area contributed by atoms with Gasteiger partial charge in [-0.05, 0) is 57.7 Å². The highest BCUT2D eigenvalue weighted by Crippen LogP contribution is 2.16. The molecule has 1 N–H and O–H groups in total. The van der Waals surface area contributed by atoms with Crippen LogP contribution in [0.25, 0.3) is 0 Å². The fourth-order valence-electron chi connectivity index (χ4n) is 2.18. The molecule has 1 aromatic rings. The molecule has 0 amide bonds. The van der Waals surface area contributed by atoms with Gasteiger partial charge in [0, 0.05) is 6.07 Å². The van der Waals surface area contributed by atoms with Crippen LogP contribution in [-0.4, -0.2) is 29.9 Å². The topological polar surface area (TPSA) is 47.0 Å². The highest BCUT2D eigenvalue weighted by Gasteiger charge is 2.12. The normalized spacial score (nSPS) is 20.2. The lowest BCUT2D eigenvalue weighted by Gasteiger charge is -2.22. The van der Waals surface area contributed by atoms with Crippen LogP contribution in [0.1, 0.15) is 31.4 Å². The average Bonchev–Trinajstić information content (AvgIpc) is 2.38. The van der Waals surface area contributed by atoms with Crippen molar-refractivity contribution in [3.05, 3.63) is 17.8 Å². The lowest BCUT2D eigenvalue weighted by molar-refractivity contribution is 0.266. The van der Waals surface area contributed by atoms with Crippen LogP contribution in [0.3, 0.4) is 0 Å². The molecule has 1 fully saturated rings. The number of aromatic nitrogens is 2. The van der Waals surface area contributed by atoms with Gasteiger partial charge in [0.2, 0.25) is 5.88 Å². The smallest absolute Gasteiger partial charge is 0.233 e. The summed E-state index contributed by atoms with van der Waals surface area (Å²) in [6, 6.07) is 3.80. The van der Waals surface area contributed by atoms with Crippen LogP contribution < -0.4 is 10.1 Å². The maximum absolute atomic E-state index is 5.56. The molecule has 0 radical (unpaired) electrons. The molecule has 2 rings (SSSR count). The van der Waals surface area contributed by atoms with Gasteiger partial charge < -0.3 is 10.1 Å². The van der Waals surface area contributed by atoms with Gasteiger partial charge in [-0.3, -0.25) is 0 Å². The van der Waals surface area contributed by atoms with Gasteiger partial charge in [0.25, 0.3) is 0 Å². The number of hydrogen-bond acceptors (Lipinski definition) is 4. The molecular weight excluding hydrogens is 214 g/mol. The first kappa shape index (κ1) is 12.3. The Morgan fingerprint density at radius 3 is 3.06 bits per heavy atom. The summed E-state index contributed by atoms with van der Waals surface area (Å²) in [5.74, 6) is 1.47. The molecule has 1 aliphatic heterocycles. The molecule has 0 bridgehead atoms. The molecule has 1 saturated heterocycles. The Bertz CT molecular complexity index is 320. The molecule has 1 aromatic heterocycles. The monoisotopic (exact) mass is 235 g/mol. The van der Waals surface area contributed by atoms with Gasteiger partial charge in [-0.1, -0.05) is 0 Å².